The van der Waals surface area contributed by atoms with Gasteiger partial charge in [-0.1, -0.05) is 19.3 Å². The first kappa shape index (κ1) is 17.6. The van der Waals surface area contributed by atoms with Crippen LogP contribution in [0.2, 0.25) is 0 Å². The molecule has 1 rings (SSSR count). The largest absolute Gasteiger partial charge is 0.391 e. The zero-order chi connectivity index (χ0) is 15.2. The molecule has 0 aromatic rings. The summed E-state index contributed by atoms with van der Waals surface area (Å²) < 4.78 is 12.1. The lowest BCUT2D eigenvalue weighted by Crippen LogP contribution is -2.42. The molecule has 1 saturated carbocycles. The smallest absolute Gasteiger partial charge is 0.236 e. The SMILES string of the molecule is C[C@H](N)C(=O)NC[C@@H](O)CP(=O)(O)CC1CCCCC1. The number of hydrogen-bond donors (Lipinski definition) is 4. The van der Waals surface area contributed by atoms with E-state index in [1.807, 2.05) is 0 Å². The van der Waals surface area contributed by atoms with Gasteiger partial charge in [0.05, 0.1) is 18.3 Å². The molecule has 5 N–H and O–H groups in total. The maximum Gasteiger partial charge on any atom is 0.236 e. The highest BCUT2D eigenvalue weighted by Crippen LogP contribution is 2.45. The number of nitrogens with one attached hydrogen (secondary N) is 1. The van der Waals surface area contributed by atoms with Crippen LogP contribution in [0, 0.1) is 5.92 Å². The van der Waals surface area contributed by atoms with Gasteiger partial charge in [-0.3, -0.25) is 9.36 Å². The Balaban J connectivity index is 2.32. The third-order valence-corrected chi connectivity index (χ3v) is 5.77. The number of amides is 1. The molecule has 0 spiro atoms. The van der Waals surface area contributed by atoms with Gasteiger partial charge < -0.3 is 21.1 Å². The molecule has 1 aliphatic carbocycles. The second-order valence-electron chi connectivity index (χ2n) is 5.90. The van der Waals surface area contributed by atoms with Gasteiger partial charge >= 0.3 is 0 Å². The van der Waals surface area contributed by atoms with Gasteiger partial charge in [-0.2, -0.15) is 0 Å². The Morgan fingerprint density at radius 3 is 2.55 bits per heavy atom. The topological polar surface area (TPSA) is 113 Å². The number of aliphatic hydroxyl groups excluding tert-OH is 1. The monoisotopic (exact) mass is 306 g/mol. The fraction of sp³-hybridized carbons (Fsp3) is 0.923. The van der Waals surface area contributed by atoms with E-state index in [0.717, 1.165) is 25.7 Å². The number of nitrogens with two attached hydrogens (primary N) is 1. The molecule has 1 fully saturated rings. The third-order valence-electron chi connectivity index (χ3n) is 3.69. The molecular weight excluding hydrogens is 279 g/mol. The Morgan fingerprint density at radius 2 is 2.00 bits per heavy atom. The molecule has 6 nitrogen and oxygen atoms in total. The summed E-state index contributed by atoms with van der Waals surface area (Å²) in [7, 11) is -3.33. The highest BCUT2D eigenvalue weighted by molar-refractivity contribution is 7.58. The fourth-order valence-corrected chi connectivity index (χ4v) is 4.73. The third kappa shape index (κ3) is 6.84. The zero-order valence-corrected chi connectivity index (χ0v) is 13.0. The molecule has 7 heteroatoms. The summed E-state index contributed by atoms with van der Waals surface area (Å²) in [6.07, 6.45) is 4.57. The fourth-order valence-electron chi connectivity index (χ4n) is 2.62. The molecule has 1 unspecified atom stereocenters. The first-order chi connectivity index (χ1) is 9.30. The predicted octanol–water partition coefficient (Wildman–Crippen LogP) is 0.661. The highest BCUT2D eigenvalue weighted by Gasteiger charge is 2.28. The van der Waals surface area contributed by atoms with E-state index in [0.29, 0.717) is 5.92 Å². The van der Waals surface area contributed by atoms with Gasteiger partial charge in [-0.05, 0) is 25.7 Å². The summed E-state index contributed by atoms with van der Waals surface area (Å²) in [6.45, 7) is 1.51. The van der Waals surface area contributed by atoms with E-state index in [-0.39, 0.29) is 24.8 Å². The summed E-state index contributed by atoms with van der Waals surface area (Å²) in [5, 5.41) is 12.2. The lowest BCUT2D eigenvalue weighted by molar-refractivity contribution is -0.122. The zero-order valence-electron chi connectivity index (χ0n) is 12.1. The first-order valence-electron chi connectivity index (χ1n) is 7.32. The Labute approximate surface area is 120 Å². The van der Waals surface area contributed by atoms with E-state index < -0.39 is 19.5 Å². The van der Waals surface area contributed by atoms with Crippen LogP contribution in [0.1, 0.15) is 39.0 Å². The van der Waals surface area contributed by atoms with Crippen molar-refractivity contribution in [1.29, 1.82) is 0 Å². The molecule has 0 aromatic carbocycles. The van der Waals surface area contributed by atoms with Gasteiger partial charge in [-0.25, -0.2) is 0 Å². The Morgan fingerprint density at radius 1 is 1.40 bits per heavy atom. The molecule has 3 atom stereocenters. The van der Waals surface area contributed by atoms with Gasteiger partial charge in [0, 0.05) is 12.7 Å². The van der Waals surface area contributed by atoms with Crippen molar-refractivity contribution in [2.75, 3.05) is 18.9 Å². The van der Waals surface area contributed by atoms with Crippen LogP contribution in [0.3, 0.4) is 0 Å². The van der Waals surface area contributed by atoms with Crippen molar-refractivity contribution in [2.24, 2.45) is 11.7 Å². The van der Waals surface area contributed by atoms with Gasteiger partial charge in [0.2, 0.25) is 13.3 Å². The van der Waals surface area contributed by atoms with Crippen molar-refractivity contribution in [3.8, 4) is 0 Å². The van der Waals surface area contributed by atoms with Crippen molar-refractivity contribution >= 4 is 13.3 Å². The lowest BCUT2D eigenvalue weighted by Gasteiger charge is -2.25. The molecular formula is C13H27N2O4P. The number of carbonyl (C=O) groups excluding carboxylic acids is 1. The van der Waals surface area contributed by atoms with E-state index >= 15 is 0 Å². The summed E-state index contributed by atoms with van der Waals surface area (Å²) in [6, 6.07) is -0.648. The molecule has 0 bridgehead atoms. The number of carbonyl (C=O) groups is 1. The number of rotatable bonds is 7. The molecule has 1 amide bonds. The van der Waals surface area contributed by atoms with Gasteiger partial charge in [0.25, 0.3) is 0 Å². The maximum absolute atomic E-state index is 12.1. The van der Waals surface area contributed by atoms with Crippen LogP contribution in [0.25, 0.3) is 0 Å². The number of hydrogen-bond acceptors (Lipinski definition) is 4. The van der Waals surface area contributed by atoms with E-state index in [9.17, 15) is 19.4 Å². The van der Waals surface area contributed by atoms with Crippen LogP contribution < -0.4 is 11.1 Å². The van der Waals surface area contributed by atoms with Crippen LogP contribution in [0.4, 0.5) is 0 Å². The Bertz CT molecular complexity index is 356. The lowest BCUT2D eigenvalue weighted by atomic mass is 9.91. The van der Waals surface area contributed by atoms with Crippen LogP contribution >= 0.6 is 7.37 Å². The molecule has 0 heterocycles. The minimum Gasteiger partial charge on any atom is -0.391 e. The molecule has 0 radical (unpaired) electrons. The van der Waals surface area contributed by atoms with Crippen molar-refractivity contribution in [2.45, 2.75) is 51.2 Å². The van der Waals surface area contributed by atoms with Crippen molar-refractivity contribution in [1.82, 2.24) is 5.32 Å². The minimum atomic E-state index is -3.33. The first-order valence-corrected chi connectivity index (χ1v) is 9.35. The average Bonchev–Trinajstić information content (AvgIpc) is 2.35. The van der Waals surface area contributed by atoms with Crippen molar-refractivity contribution in [3.05, 3.63) is 0 Å². The molecule has 0 aliphatic heterocycles. The molecule has 0 saturated heterocycles. The van der Waals surface area contributed by atoms with Crippen LogP contribution in [-0.2, 0) is 9.36 Å². The van der Waals surface area contributed by atoms with E-state index in [4.69, 9.17) is 5.73 Å². The van der Waals surface area contributed by atoms with E-state index in [2.05, 4.69) is 5.32 Å². The van der Waals surface area contributed by atoms with Crippen LogP contribution in [-0.4, -0.2) is 46.9 Å². The summed E-state index contributed by atoms with van der Waals surface area (Å²) in [5.74, 6) is -0.0745. The predicted molar refractivity (Wildman–Crippen MR) is 78.8 cm³/mol. The van der Waals surface area contributed by atoms with E-state index in [1.165, 1.54) is 6.42 Å². The van der Waals surface area contributed by atoms with Gasteiger partial charge in [-0.15, -0.1) is 0 Å². The Hall–Kier alpha value is -0.420. The van der Waals surface area contributed by atoms with Gasteiger partial charge in [0.15, 0.2) is 0 Å². The van der Waals surface area contributed by atoms with E-state index in [1.54, 1.807) is 6.92 Å². The molecule has 0 aromatic heterocycles. The quantitative estimate of drug-likeness (QED) is 0.516. The number of aliphatic hydroxyl groups is 1. The normalized spacial score (nSPS) is 22.8. The van der Waals surface area contributed by atoms with Gasteiger partial charge in [0.1, 0.15) is 0 Å². The summed E-state index contributed by atoms with van der Waals surface area (Å²) in [5.41, 5.74) is 5.38. The van der Waals surface area contributed by atoms with Crippen molar-refractivity contribution in [3.63, 3.8) is 0 Å². The maximum atomic E-state index is 12.1. The second kappa shape index (κ2) is 8.13. The molecule has 1 aliphatic rings. The van der Waals surface area contributed by atoms with Crippen LogP contribution in [0.5, 0.6) is 0 Å². The summed E-state index contributed by atoms with van der Waals surface area (Å²) >= 11 is 0. The minimum absolute atomic E-state index is 0.0322. The average molecular weight is 306 g/mol. The highest BCUT2D eigenvalue weighted by atomic mass is 31.2. The second-order valence-corrected chi connectivity index (χ2v) is 8.33. The summed E-state index contributed by atoms with van der Waals surface area (Å²) in [4.78, 5) is 21.2. The van der Waals surface area contributed by atoms with Crippen molar-refractivity contribution < 1.29 is 19.4 Å². The molecule has 118 valence electrons. The standard InChI is InChI=1S/C13H27N2O4P/c1-10(14)13(17)15-7-12(16)9-20(18,19)8-11-5-3-2-4-6-11/h10-12,16H,2-9,14H2,1H3,(H,15,17)(H,18,19)/t10-,12+/m0/s1. The van der Waals surface area contributed by atoms with Crippen LogP contribution in [0.15, 0.2) is 0 Å². The Kier molecular flexibility index (Phi) is 7.17. The molecule has 20 heavy (non-hydrogen) atoms.